The zero-order valence-corrected chi connectivity index (χ0v) is 21.9. The molecule has 10 heteroatoms. The number of carbonyl (C=O) groups excluding carboxylic acids is 2. The van der Waals surface area contributed by atoms with Crippen LogP contribution in [0.2, 0.25) is 0 Å². The molecule has 5 rings (SSSR count). The number of benzene rings is 1. The number of nitrogens with one attached hydrogen (secondary N) is 1. The lowest BCUT2D eigenvalue weighted by atomic mass is 10.0. The lowest BCUT2D eigenvalue weighted by molar-refractivity contribution is -0.128. The van der Waals surface area contributed by atoms with Crippen LogP contribution in [0.25, 0.3) is 10.9 Å². The van der Waals surface area contributed by atoms with Crippen molar-refractivity contribution in [2.75, 3.05) is 26.2 Å². The molecule has 1 aromatic heterocycles. The molecule has 3 aliphatic rings. The number of pyridine rings is 1. The minimum atomic E-state index is -3.82. The van der Waals surface area contributed by atoms with Crippen molar-refractivity contribution in [1.82, 2.24) is 19.5 Å². The van der Waals surface area contributed by atoms with E-state index in [-0.39, 0.29) is 23.0 Å². The molecule has 1 fully saturated rings. The summed E-state index contributed by atoms with van der Waals surface area (Å²) in [6.07, 6.45) is 12.9. The number of allylic oxidation sites excluding steroid dienone is 2. The summed E-state index contributed by atoms with van der Waals surface area (Å²) in [6.45, 7) is 3.61. The van der Waals surface area contributed by atoms with Crippen molar-refractivity contribution in [2.45, 2.75) is 36.8 Å². The number of piperazine rings is 1. The Kier molecular flexibility index (Phi) is 7.44. The molecule has 1 aromatic carbocycles. The van der Waals surface area contributed by atoms with Crippen molar-refractivity contribution in [3.8, 4) is 0 Å². The van der Waals surface area contributed by atoms with E-state index in [1.165, 1.54) is 6.07 Å². The SMILES string of the molecule is CC1=CCC(OC(=O)N2CCN(C(=O)C3=CCC(NS(=O)(=O)c4cccc5cccnc45)C=C3)CC2)C=C1. The van der Waals surface area contributed by atoms with E-state index in [1.54, 1.807) is 46.4 Å². The molecule has 0 spiro atoms. The number of fused-ring (bicyclic) bond motifs is 1. The van der Waals surface area contributed by atoms with Crippen LogP contribution in [0.3, 0.4) is 0 Å². The molecule has 9 nitrogen and oxygen atoms in total. The van der Waals surface area contributed by atoms with Gasteiger partial charge in [-0.2, -0.15) is 0 Å². The molecule has 1 N–H and O–H groups in total. The third kappa shape index (κ3) is 5.71. The number of nitrogens with zero attached hydrogens (tertiary/aromatic N) is 3. The highest BCUT2D eigenvalue weighted by Gasteiger charge is 2.29. The van der Waals surface area contributed by atoms with Gasteiger partial charge < -0.3 is 14.5 Å². The van der Waals surface area contributed by atoms with E-state index in [0.29, 0.717) is 50.1 Å². The number of para-hydroxylation sites is 1. The summed E-state index contributed by atoms with van der Waals surface area (Å²) >= 11 is 0. The standard InChI is InChI=1S/C28H30N4O5S/c1-20-7-13-24(14-8-20)37-28(34)32-18-16-31(17-19-32)27(33)22-9-11-23(12-10-22)30-38(35,36)25-6-2-4-21-5-3-15-29-26(21)25/h2-11,13,15,23-24,30H,12,14,16-19H2,1H3. The summed E-state index contributed by atoms with van der Waals surface area (Å²) in [6, 6.07) is 8.15. The first-order chi connectivity index (χ1) is 18.3. The molecule has 2 unspecified atom stereocenters. The highest BCUT2D eigenvalue weighted by molar-refractivity contribution is 7.89. The first-order valence-electron chi connectivity index (χ1n) is 12.6. The molecule has 1 aliphatic heterocycles. The van der Waals surface area contributed by atoms with Gasteiger partial charge in [0.25, 0.3) is 5.91 Å². The molecule has 38 heavy (non-hydrogen) atoms. The van der Waals surface area contributed by atoms with Gasteiger partial charge in [-0.25, -0.2) is 17.9 Å². The van der Waals surface area contributed by atoms with Gasteiger partial charge in [-0.1, -0.05) is 54.2 Å². The van der Waals surface area contributed by atoms with Gasteiger partial charge in [0.05, 0.1) is 5.52 Å². The van der Waals surface area contributed by atoms with Gasteiger partial charge in [0.2, 0.25) is 10.0 Å². The second-order valence-electron chi connectivity index (χ2n) is 9.56. The van der Waals surface area contributed by atoms with Crippen LogP contribution in [0.1, 0.15) is 19.8 Å². The average molecular weight is 535 g/mol. The van der Waals surface area contributed by atoms with E-state index < -0.39 is 16.1 Å². The summed E-state index contributed by atoms with van der Waals surface area (Å²) in [5.41, 5.74) is 2.08. The zero-order chi connectivity index (χ0) is 26.7. The van der Waals surface area contributed by atoms with Crippen LogP contribution in [0, 0.1) is 0 Å². The predicted octanol–water partition coefficient (Wildman–Crippen LogP) is 3.32. The number of amides is 2. The monoisotopic (exact) mass is 534 g/mol. The number of ether oxygens (including phenoxy) is 1. The molecule has 2 amide bonds. The van der Waals surface area contributed by atoms with E-state index in [9.17, 15) is 18.0 Å². The Morgan fingerprint density at radius 3 is 2.45 bits per heavy atom. The molecule has 2 atom stereocenters. The fraction of sp³-hybridized carbons (Fsp3) is 0.321. The zero-order valence-electron chi connectivity index (χ0n) is 21.1. The number of rotatable bonds is 5. The van der Waals surface area contributed by atoms with Crippen molar-refractivity contribution in [3.05, 3.63) is 84.1 Å². The van der Waals surface area contributed by atoms with Crippen molar-refractivity contribution in [2.24, 2.45) is 0 Å². The smallest absolute Gasteiger partial charge is 0.410 e. The van der Waals surface area contributed by atoms with Gasteiger partial charge in [0, 0.05) is 55.8 Å². The molecule has 0 radical (unpaired) electrons. The number of hydrogen-bond donors (Lipinski definition) is 1. The van der Waals surface area contributed by atoms with Crippen LogP contribution >= 0.6 is 0 Å². The van der Waals surface area contributed by atoms with Gasteiger partial charge in [0.1, 0.15) is 11.0 Å². The summed E-state index contributed by atoms with van der Waals surface area (Å²) in [5, 5.41) is 0.744. The van der Waals surface area contributed by atoms with Crippen LogP contribution in [0.15, 0.2) is 89.0 Å². The summed E-state index contributed by atoms with van der Waals surface area (Å²) in [7, 11) is -3.82. The molecule has 198 valence electrons. The number of aromatic nitrogens is 1. The number of carbonyl (C=O) groups is 2. The largest absolute Gasteiger partial charge is 0.442 e. The van der Waals surface area contributed by atoms with E-state index in [1.807, 2.05) is 37.3 Å². The van der Waals surface area contributed by atoms with Crippen LogP contribution in [-0.2, 0) is 19.6 Å². The maximum absolute atomic E-state index is 13.1. The Labute approximate surface area is 222 Å². The average Bonchev–Trinajstić information content (AvgIpc) is 2.94. The maximum atomic E-state index is 13.1. The summed E-state index contributed by atoms with van der Waals surface area (Å²) < 4.78 is 34.4. The third-order valence-corrected chi connectivity index (χ3v) is 8.38. The first kappa shape index (κ1) is 25.9. The molecular formula is C28H30N4O5S. The number of hydrogen-bond acceptors (Lipinski definition) is 6. The number of sulfonamides is 1. The molecule has 2 aromatic rings. The van der Waals surface area contributed by atoms with Gasteiger partial charge in [-0.05, 0) is 31.6 Å². The molecule has 1 saturated heterocycles. The Balaban J connectivity index is 1.13. The molecule has 0 saturated carbocycles. The Morgan fingerprint density at radius 1 is 0.974 bits per heavy atom. The molecule has 2 aliphatic carbocycles. The summed E-state index contributed by atoms with van der Waals surface area (Å²) in [4.78, 5) is 33.3. The van der Waals surface area contributed by atoms with Gasteiger partial charge in [-0.15, -0.1) is 0 Å². The van der Waals surface area contributed by atoms with Gasteiger partial charge in [-0.3, -0.25) is 9.78 Å². The molecular weight excluding hydrogens is 504 g/mol. The van der Waals surface area contributed by atoms with Crippen molar-refractivity contribution < 1.29 is 22.7 Å². The van der Waals surface area contributed by atoms with Gasteiger partial charge >= 0.3 is 6.09 Å². The van der Waals surface area contributed by atoms with Gasteiger partial charge in [0.15, 0.2) is 0 Å². The van der Waals surface area contributed by atoms with Crippen molar-refractivity contribution in [3.63, 3.8) is 0 Å². The lowest BCUT2D eigenvalue weighted by Crippen LogP contribution is -2.51. The second-order valence-corrected chi connectivity index (χ2v) is 11.2. The topological polar surface area (TPSA) is 109 Å². The fourth-order valence-electron chi connectivity index (χ4n) is 4.70. The fourth-order valence-corrected chi connectivity index (χ4v) is 6.08. The lowest BCUT2D eigenvalue weighted by Gasteiger charge is -2.35. The van der Waals surface area contributed by atoms with Crippen LogP contribution in [-0.4, -0.2) is 73.5 Å². The maximum Gasteiger partial charge on any atom is 0.410 e. The van der Waals surface area contributed by atoms with Crippen molar-refractivity contribution in [1.29, 1.82) is 0 Å². The summed E-state index contributed by atoms with van der Waals surface area (Å²) in [5.74, 6) is -0.135. The normalized spacial score (nSPS) is 21.7. The Bertz CT molecular complexity index is 1460. The quantitative estimate of drug-likeness (QED) is 0.631. The van der Waals surface area contributed by atoms with E-state index in [0.717, 1.165) is 11.0 Å². The van der Waals surface area contributed by atoms with Crippen LogP contribution in [0.5, 0.6) is 0 Å². The van der Waals surface area contributed by atoms with E-state index in [4.69, 9.17) is 4.74 Å². The van der Waals surface area contributed by atoms with Crippen LogP contribution in [0.4, 0.5) is 4.79 Å². The van der Waals surface area contributed by atoms with Crippen molar-refractivity contribution >= 4 is 32.9 Å². The second kappa shape index (κ2) is 10.9. The minimum Gasteiger partial charge on any atom is -0.442 e. The predicted molar refractivity (Wildman–Crippen MR) is 144 cm³/mol. The highest BCUT2D eigenvalue weighted by Crippen LogP contribution is 2.23. The van der Waals surface area contributed by atoms with E-state index >= 15 is 0 Å². The third-order valence-electron chi connectivity index (χ3n) is 6.86. The molecule has 0 bridgehead atoms. The van der Waals surface area contributed by atoms with Crippen LogP contribution < -0.4 is 4.72 Å². The Hall–Kier alpha value is -3.76. The first-order valence-corrected chi connectivity index (χ1v) is 14.1. The molecule has 2 heterocycles. The minimum absolute atomic E-state index is 0.123. The Morgan fingerprint density at radius 2 is 1.74 bits per heavy atom. The highest BCUT2D eigenvalue weighted by atomic mass is 32.2. The van der Waals surface area contributed by atoms with E-state index in [2.05, 4.69) is 9.71 Å².